The van der Waals surface area contributed by atoms with Crippen LogP contribution in [-0.4, -0.2) is 33.8 Å². The SMILES string of the molecule is CC[C@H](C)[C@H]1CSC(=Nc2ccc([N+](=O)[O-])cc2C)N1C. The quantitative estimate of drug-likeness (QED) is 0.623. The van der Waals surface area contributed by atoms with E-state index in [2.05, 4.69) is 30.8 Å². The van der Waals surface area contributed by atoms with E-state index in [1.807, 2.05) is 6.92 Å². The fraction of sp³-hybridized carbons (Fsp3) is 0.533. The molecular formula is C15H21N3O2S. The van der Waals surface area contributed by atoms with Crippen molar-refractivity contribution in [3.63, 3.8) is 0 Å². The van der Waals surface area contributed by atoms with E-state index in [0.29, 0.717) is 12.0 Å². The second kappa shape index (κ2) is 6.47. The van der Waals surface area contributed by atoms with Crippen molar-refractivity contribution in [2.24, 2.45) is 10.9 Å². The molecule has 1 aromatic carbocycles. The van der Waals surface area contributed by atoms with E-state index in [1.54, 1.807) is 23.9 Å². The Hall–Kier alpha value is -1.56. The van der Waals surface area contributed by atoms with Gasteiger partial charge in [0.25, 0.3) is 5.69 Å². The molecule has 1 aliphatic heterocycles. The lowest BCUT2D eigenvalue weighted by atomic mass is 10.0. The fourth-order valence-corrected chi connectivity index (χ4v) is 3.80. The van der Waals surface area contributed by atoms with Gasteiger partial charge in [-0.05, 0) is 24.5 Å². The second-order valence-corrected chi connectivity index (χ2v) is 6.48. The number of benzene rings is 1. The van der Waals surface area contributed by atoms with Crippen LogP contribution in [0.4, 0.5) is 11.4 Å². The van der Waals surface area contributed by atoms with Crippen LogP contribution >= 0.6 is 11.8 Å². The first kappa shape index (κ1) is 15.8. The second-order valence-electron chi connectivity index (χ2n) is 5.50. The summed E-state index contributed by atoms with van der Waals surface area (Å²) in [5.74, 6) is 1.68. The first-order chi connectivity index (χ1) is 9.93. The molecule has 1 fully saturated rings. The molecule has 2 rings (SSSR count). The molecule has 0 unspecified atom stereocenters. The predicted octanol–water partition coefficient (Wildman–Crippen LogP) is 3.98. The highest BCUT2D eigenvalue weighted by atomic mass is 32.2. The van der Waals surface area contributed by atoms with Gasteiger partial charge in [0.15, 0.2) is 5.17 Å². The van der Waals surface area contributed by atoms with Gasteiger partial charge in [-0.2, -0.15) is 0 Å². The lowest BCUT2D eigenvalue weighted by molar-refractivity contribution is -0.384. The Kier molecular flexibility index (Phi) is 4.88. The molecule has 0 saturated carbocycles. The van der Waals surface area contributed by atoms with Crippen molar-refractivity contribution in [1.82, 2.24) is 4.90 Å². The van der Waals surface area contributed by atoms with Crippen LogP contribution < -0.4 is 0 Å². The van der Waals surface area contributed by atoms with E-state index in [0.717, 1.165) is 28.6 Å². The van der Waals surface area contributed by atoms with Gasteiger partial charge in [-0.1, -0.05) is 32.0 Å². The van der Waals surface area contributed by atoms with Gasteiger partial charge in [0.05, 0.1) is 10.6 Å². The summed E-state index contributed by atoms with van der Waals surface area (Å²) < 4.78 is 0. The highest BCUT2D eigenvalue weighted by molar-refractivity contribution is 8.14. The summed E-state index contributed by atoms with van der Waals surface area (Å²) in [6, 6.07) is 5.33. The van der Waals surface area contributed by atoms with Crippen LogP contribution in [0.3, 0.4) is 0 Å². The lowest BCUT2D eigenvalue weighted by Gasteiger charge is -2.25. The van der Waals surface area contributed by atoms with Crippen LogP contribution in [0.1, 0.15) is 25.8 Å². The number of nitro groups is 1. The minimum Gasteiger partial charge on any atom is -0.350 e. The van der Waals surface area contributed by atoms with E-state index in [1.165, 1.54) is 6.07 Å². The molecule has 1 aromatic rings. The van der Waals surface area contributed by atoms with E-state index in [9.17, 15) is 10.1 Å². The van der Waals surface area contributed by atoms with Crippen molar-refractivity contribution >= 4 is 28.3 Å². The highest BCUT2D eigenvalue weighted by Gasteiger charge is 2.30. The number of rotatable bonds is 4. The van der Waals surface area contributed by atoms with Crippen molar-refractivity contribution in [3.05, 3.63) is 33.9 Å². The molecule has 1 saturated heterocycles. The Labute approximate surface area is 129 Å². The van der Waals surface area contributed by atoms with Crippen LogP contribution in [0.15, 0.2) is 23.2 Å². The zero-order chi connectivity index (χ0) is 15.6. The van der Waals surface area contributed by atoms with Crippen molar-refractivity contribution in [2.45, 2.75) is 33.2 Å². The standard InChI is InChI=1S/C15H21N3O2S/c1-5-10(2)14-9-21-15(17(14)4)16-13-7-6-12(18(19)20)8-11(13)3/h6-8,10,14H,5,9H2,1-4H3/t10-,14+/m0/s1. The number of amidine groups is 1. The van der Waals surface area contributed by atoms with Crippen LogP contribution in [0, 0.1) is 23.0 Å². The average molecular weight is 307 g/mol. The summed E-state index contributed by atoms with van der Waals surface area (Å²) in [4.78, 5) is 17.3. The number of aryl methyl sites for hydroxylation is 1. The summed E-state index contributed by atoms with van der Waals surface area (Å²) in [7, 11) is 2.08. The van der Waals surface area contributed by atoms with E-state index in [4.69, 9.17) is 0 Å². The molecule has 0 amide bonds. The predicted molar refractivity (Wildman–Crippen MR) is 88.4 cm³/mol. The molecule has 1 heterocycles. The van der Waals surface area contributed by atoms with Gasteiger partial charge in [0.2, 0.25) is 0 Å². The summed E-state index contributed by atoms with van der Waals surface area (Å²) in [6.45, 7) is 6.33. The lowest BCUT2D eigenvalue weighted by Crippen LogP contribution is -2.34. The van der Waals surface area contributed by atoms with Crippen molar-refractivity contribution in [2.75, 3.05) is 12.8 Å². The third-order valence-electron chi connectivity index (χ3n) is 4.09. The highest BCUT2D eigenvalue weighted by Crippen LogP contribution is 2.32. The maximum atomic E-state index is 10.8. The Morgan fingerprint density at radius 3 is 2.86 bits per heavy atom. The van der Waals surface area contributed by atoms with E-state index < -0.39 is 0 Å². The van der Waals surface area contributed by atoms with Gasteiger partial charge in [0, 0.05) is 31.0 Å². The zero-order valence-electron chi connectivity index (χ0n) is 12.9. The molecular weight excluding hydrogens is 286 g/mol. The molecule has 5 nitrogen and oxygen atoms in total. The molecule has 0 radical (unpaired) electrons. The number of thioether (sulfide) groups is 1. The maximum absolute atomic E-state index is 10.8. The molecule has 0 aliphatic carbocycles. The molecule has 0 spiro atoms. The first-order valence-electron chi connectivity index (χ1n) is 7.13. The minimum absolute atomic E-state index is 0.112. The number of hydrogen-bond donors (Lipinski definition) is 0. The molecule has 21 heavy (non-hydrogen) atoms. The molecule has 114 valence electrons. The first-order valence-corrected chi connectivity index (χ1v) is 8.12. The van der Waals surface area contributed by atoms with Crippen molar-refractivity contribution in [1.29, 1.82) is 0 Å². The molecule has 0 aromatic heterocycles. The monoisotopic (exact) mass is 307 g/mol. The van der Waals surface area contributed by atoms with Crippen LogP contribution in [0.25, 0.3) is 0 Å². The third kappa shape index (κ3) is 3.37. The Bertz CT molecular complexity index is 574. The Morgan fingerprint density at radius 1 is 1.57 bits per heavy atom. The maximum Gasteiger partial charge on any atom is 0.269 e. The largest absolute Gasteiger partial charge is 0.350 e. The molecule has 0 N–H and O–H groups in total. The molecule has 0 bridgehead atoms. The van der Waals surface area contributed by atoms with Gasteiger partial charge in [-0.25, -0.2) is 4.99 Å². The molecule has 2 atom stereocenters. The van der Waals surface area contributed by atoms with Gasteiger partial charge < -0.3 is 4.90 Å². The van der Waals surface area contributed by atoms with Gasteiger partial charge >= 0.3 is 0 Å². The smallest absolute Gasteiger partial charge is 0.269 e. The molecule has 1 aliphatic rings. The fourth-order valence-electron chi connectivity index (χ4n) is 2.43. The number of nitrogens with zero attached hydrogens (tertiary/aromatic N) is 3. The van der Waals surface area contributed by atoms with Crippen LogP contribution in [0.2, 0.25) is 0 Å². The average Bonchev–Trinajstić information content (AvgIpc) is 2.81. The normalized spacial score (nSPS) is 21.8. The number of non-ortho nitro benzene ring substituents is 1. The third-order valence-corrected chi connectivity index (χ3v) is 5.24. The van der Waals surface area contributed by atoms with E-state index in [-0.39, 0.29) is 10.6 Å². The summed E-state index contributed by atoms with van der Waals surface area (Å²) in [5.41, 5.74) is 1.75. The van der Waals surface area contributed by atoms with Crippen LogP contribution in [0.5, 0.6) is 0 Å². The van der Waals surface area contributed by atoms with E-state index >= 15 is 0 Å². The van der Waals surface area contributed by atoms with Gasteiger partial charge in [-0.15, -0.1) is 0 Å². The summed E-state index contributed by atoms with van der Waals surface area (Å²) >= 11 is 1.76. The number of aliphatic imine (C=N–C) groups is 1. The van der Waals surface area contributed by atoms with Gasteiger partial charge in [0.1, 0.15) is 0 Å². The zero-order valence-corrected chi connectivity index (χ0v) is 13.7. The Morgan fingerprint density at radius 2 is 2.29 bits per heavy atom. The number of nitro benzene ring substituents is 1. The Balaban J connectivity index is 2.23. The van der Waals surface area contributed by atoms with Crippen molar-refractivity contribution in [3.8, 4) is 0 Å². The topological polar surface area (TPSA) is 58.7 Å². The number of hydrogen-bond acceptors (Lipinski definition) is 4. The molecule has 6 heteroatoms. The van der Waals surface area contributed by atoms with Crippen LogP contribution in [-0.2, 0) is 0 Å². The minimum atomic E-state index is -0.376. The summed E-state index contributed by atoms with van der Waals surface area (Å²) in [5, 5.41) is 11.8. The van der Waals surface area contributed by atoms with Crippen molar-refractivity contribution < 1.29 is 4.92 Å². The van der Waals surface area contributed by atoms with Gasteiger partial charge in [-0.3, -0.25) is 10.1 Å². The summed E-state index contributed by atoms with van der Waals surface area (Å²) in [6.07, 6.45) is 1.15.